The number of hydrogen-bond acceptors (Lipinski definition) is 6. The standard InChI is InChI=1S/C23H26N2O3S2/c1-16-5-4-6-21(17(16)2)22-15-29-23(24-22)25-13-11-20(12-14-25)30(26,27)19-9-7-18(28-3)8-10-19/h4-10,15,20H,11-14H2,1-3H3. The van der Waals surface area contributed by atoms with Gasteiger partial charge in [0.1, 0.15) is 5.75 Å². The number of ether oxygens (including phenoxy) is 1. The quantitative estimate of drug-likeness (QED) is 0.564. The van der Waals surface area contributed by atoms with Crippen LogP contribution < -0.4 is 9.64 Å². The monoisotopic (exact) mass is 442 g/mol. The highest BCUT2D eigenvalue weighted by atomic mass is 32.2. The summed E-state index contributed by atoms with van der Waals surface area (Å²) in [6.45, 7) is 5.62. The Morgan fingerprint density at radius 2 is 1.77 bits per heavy atom. The van der Waals surface area contributed by atoms with Crippen molar-refractivity contribution in [1.29, 1.82) is 0 Å². The van der Waals surface area contributed by atoms with Crippen LogP contribution in [0.2, 0.25) is 0 Å². The summed E-state index contributed by atoms with van der Waals surface area (Å²) in [7, 11) is -1.77. The van der Waals surface area contributed by atoms with E-state index in [0.29, 0.717) is 36.6 Å². The van der Waals surface area contributed by atoms with Gasteiger partial charge in [0, 0.05) is 24.0 Å². The number of anilines is 1. The molecule has 7 heteroatoms. The van der Waals surface area contributed by atoms with Crippen LogP contribution in [0.25, 0.3) is 11.3 Å². The first-order valence-electron chi connectivity index (χ1n) is 10.0. The van der Waals surface area contributed by atoms with Crippen molar-refractivity contribution in [2.75, 3.05) is 25.1 Å². The Morgan fingerprint density at radius 1 is 1.07 bits per heavy atom. The van der Waals surface area contributed by atoms with Crippen molar-refractivity contribution in [2.45, 2.75) is 36.8 Å². The largest absolute Gasteiger partial charge is 0.497 e. The summed E-state index contributed by atoms with van der Waals surface area (Å²) in [5.41, 5.74) is 4.66. The van der Waals surface area contributed by atoms with Crippen LogP contribution >= 0.6 is 11.3 Å². The van der Waals surface area contributed by atoms with Gasteiger partial charge in [0.25, 0.3) is 0 Å². The minimum absolute atomic E-state index is 0.361. The van der Waals surface area contributed by atoms with E-state index < -0.39 is 9.84 Å². The van der Waals surface area contributed by atoms with Gasteiger partial charge in [-0.2, -0.15) is 0 Å². The van der Waals surface area contributed by atoms with Crippen molar-refractivity contribution in [2.24, 2.45) is 0 Å². The molecule has 1 aromatic heterocycles. The van der Waals surface area contributed by atoms with Crippen LogP contribution in [-0.2, 0) is 9.84 Å². The molecule has 0 radical (unpaired) electrons. The Hall–Kier alpha value is -2.38. The lowest BCUT2D eigenvalue weighted by atomic mass is 10.0. The van der Waals surface area contributed by atoms with Crippen molar-refractivity contribution in [3.63, 3.8) is 0 Å². The summed E-state index contributed by atoms with van der Waals surface area (Å²) < 4.78 is 31.2. The molecule has 0 amide bonds. The maximum absolute atomic E-state index is 13.0. The number of thiazole rings is 1. The second-order valence-electron chi connectivity index (χ2n) is 7.67. The van der Waals surface area contributed by atoms with Crippen LogP contribution in [0.4, 0.5) is 5.13 Å². The van der Waals surface area contributed by atoms with Gasteiger partial charge in [-0.15, -0.1) is 11.3 Å². The van der Waals surface area contributed by atoms with Crippen LogP contribution in [0.5, 0.6) is 5.75 Å². The molecule has 0 N–H and O–H groups in total. The van der Waals surface area contributed by atoms with E-state index in [9.17, 15) is 8.42 Å². The molecular weight excluding hydrogens is 416 g/mol. The Balaban J connectivity index is 1.46. The molecule has 2 aromatic carbocycles. The Morgan fingerprint density at radius 3 is 2.43 bits per heavy atom. The average molecular weight is 443 g/mol. The van der Waals surface area contributed by atoms with Gasteiger partial charge in [-0.3, -0.25) is 0 Å². The minimum Gasteiger partial charge on any atom is -0.497 e. The normalized spacial score (nSPS) is 15.4. The molecular formula is C23H26N2O3S2. The van der Waals surface area contributed by atoms with Crippen molar-refractivity contribution in [1.82, 2.24) is 4.98 Å². The SMILES string of the molecule is COc1ccc(S(=O)(=O)C2CCN(c3nc(-c4cccc(C)c4C)cs3)CC2)cc1. The summed E-state index contributed by atoms with van der Waals surface area (Å²) in [5, 5.41) is 2.70. The molecule has 0 atom stereocenters. The molecule has 0 spiro atoms. The lowest BCUT2D eigenvalue weighted by Gasteiger charge is -2.31. The van der Waals surface area contributed by atoms with E-state index in [4.69, 9.17) is 9.72 Å². The highest BCUT2D eigenvalue weighted by molar-refractivity contribution is 7.92. The number of aryl methyl sites for hydroxylation is 1. The average Bonchev–Trinajstić information content (AvgIpc) is 3.26. The van der Waals surface area contributed by atoms with Crippen molar-refractivity contribution in [3.05, 3.63) is 59.0 Å². The van der Waals surface area contributed by atoms with E-state index in [-0.39, 0.29) is 5.25 Å². The zero-order valence-corrected chi connectivity index (χ0v) is 19.1. The molecule has 1 aliphatic rings. The Labute approximate surface area is 182 Å². The van der Waals surface area contributed by atoms with E-state index in [2.05, 4.69) is 42.3 Å². The number of hydrogen-bond donors (Lipinski definition) is 0. The maximum atomic E-state index is 13.0. The lowest BCUT2D eigenvalue weighted by Crippen LogP contribution is -2.39. The topological polar surface area (TPSA) is 59.5 Å². The van der Waals surface area contributed by atoms with Gasteiger partial charge in [-0.05, 0) is 62.1 Å². The zero-order chi connectivity index (χ0) is 21.3. The molecule has 3 aromatic rings. The van der Waals surface area contributed by atoms with Gasteiger partial charge >= 0.3 is 0 Å². The third-order valence-electron chi connectivity index (χ3n) is 5.91. The first-order valence-corrected chi connectivity index (χ1v) is 12.5. The highest BCUT2D eigenvalue weighted by Crippen LogP contribution is 2.33. The van der Waals surface area contributed by atoms with Crippen LogP contribution in [0.15, 0.2) is 52.7 Å². The van der Waals surface area contributed by atoms with E-state index in [1.807, 2.05) is 0 Å². The summed E-state index contributed by atoms with van der Waals surface area (Å²) in [5.74, 6) is 0.659. The molecule has 158 valence electrons. The van der Waals surface area contributed by atoms with E-state index in [1.54, 1.807) is 42.7 Å². The number of methoxy groups -OCH3 is 1. The molecule has 4 rings (SSSR count). The molecule has 0 unspecified atom stereocenters. The van der Waals surface area contributed by atoms with E-state index in [0.717, 1.165) is 16.4 Å². The van der Waals surface area contributed by atoms with Gasteiger partial charge in [0.05, 0.1) is 22.9 Å². The predicted molar refractivity (Wildman–Crippen MR) is 122 cm³/mol. The number of rotatable bonds is 5. The highest BCUT2D eigenvalue weighted by Gasteiger charge is 2.32. The second kappa shape index (κ2) is 8.40. The van der Waals surface area contributed by atoms with Crippen LogP contribution in [0, 0.1) is 13.8 Å². The summed E-state index contributed by atoms with van der Waals surface area (Å²) in [6.07, 6.45) is 1.21. The smallest absolute Gasteiger partial charge is 0.185 e. The first-order chi connectivity index (χ1) is 14.4. The molecule has 1 fully saturated rings. The molecule has 2 heterocycles. The molecule has 5 nitrogen and oxygen atoms in total. The molecule has 30 heavy (non-hydrogen) atoms. The number of aromatic nitrogens is 1. The minimum atomic E-state index is -3.34. The van der Waals surface area contributed by atoms with Crippen molar-refractivity contribution in [3.8, 4) is 17.0 Å². The van der Waals surface area contributed by atoms with Crippen molar-refractivity contribution < 1.29 is 13.2 Å². The number of sulfone groups is 1. The summed E-state index contributed by atoms with van der Waals surface area (Å²) in [4.78, 5) is 7.43. The third-order valence-corrected chi connectivity index (χ3v) is 9.09. The number of benzene rings is 2. The second-order valence-corrected chi connectivity index (χ2v) is 10.7. The molecule has 1 saturated heterocycles. The van der Waals surface area contributed by atoms with Gasteiger partial charge < -0.3 is 9.64 Å². The molecule has 0 aliphatic carbocycles. The fourth-order valence-electron chi connectivity index (χ4n) is 3.88. The summed E-state index contributed by atoms with van der Waals surface area (Å²) in [6, 6.07) is 13.0. The van der Waals surface area contributed by atoms with Crippen LogP contribution in [-0.4, -0.2) is 38.9 Å². The third kappa shape index (κ3) is 3.96. The molecule has 0 saturated carbocycles. The first kappa shape index (κ1) is 20.9. The Bertz CT molecular complexity index is 1130. The van der Waals surface area contributed by atoms with Gasteiger partial charge in [-0.25, -0.2) is 13.4 Å². The molecule has 0 bridgehead atoms. The summed E-state index contributed by atoms with van der Waals surface area (Å²) >= 11 is 1.63. The van der Waals surface area contributed by atoms with Gasteiger partial charge in [-0.1, -0.05) is 18.2 Å². The number of piperidine rings is 1. The molecule has 1 aliphatic heterocycles. The lowest BCUT2D eigenvalue weighted by molar-refractivity contribution is 0.414. The predicted octanol–water partition coefficient (Wildman–Crippen LogP) is 4.88. The van der Waals surface area contributed by atoms with Gasteiger partial charge in [0.2, 0.25) is 0 Å². The maximum Gasteiger partial charge on any atom is 0.185 e. The van der Waals surface area contributed by atoms with E-state index in [1.165, 1.54) is 11.1 Å². The fraction of sp³-hybridized carbons (Fsp3) is 0.348. The van der Waals surface area contributed by atoms with Crippen LogP contribution in [0.1, 0.15) is 24.0 Å². The van der Waals surface area contributed by atoms with Gasteiger partial charge in [0.15, 0.2) is 15.0 Å². The van der Waals surface area contributed by atoms with Crippen LogP contribution in [0.3, 0.4) is 0 Å². The fourth-order valence-corrected chi connectivity index (χ4v) is 6.49. The zero-order valence-electron chi connectivity index (χ0n) is 17.5. The Kier molecular flexibility index (Phi) is 5.84. The van der Waals surface area contributed by atoms with E-state index >= 15 is 0 Å². The number of nitrogens with zero attached hydrogens (tertiary/aromatic N) is 2. The van der Waals surface area contributed by atoms with Crippen molar-refractivity contribution >= 4 is 26.3 Å².